The molecule has 0 aliphatic heterocycles. The monoisotopic (exact) mass is 217 g/mol. The molecule has 2 aromatic rings. The number of amides is 1. The Morgan fingerprint density at radius 2 is 2.00 bits per heavy atom. The number of nitrogens with one attached hydrogen (secondary N) is 1. The molecule has 0 atom stereocenters. The minimum absolute atomic E-state index is 0.243. The molecule has 0 spiro atoms. The zero-order chi connectivity index (χ0) is 11.2. The predicted molar refractivity (Wildman–Crippen MR) is 59.0 cm³/mol. The highest BCUT2D eigenvalue weighted by Crippen LogP contribution is 2.07. The molecule has 0 aliphatic carbocycles. The summed E-state index contributed by atoms with van der Waals surface area (Å²) in [6.07, 6.45) is 0.950. The second kappa shape index (κ2) is 5.02. The maximum absolute atomic E-state index is 11.3. The van der Waals surface area contributed by atoms with Gasteiger partial charge in [-0.3, -0.25) is 5.32 Å². The summed E-state index contributed by atoms with van der Waals surface area (Å²) in [5, 5.41) is 2.46. The van der Waals surface area contributed by atoms with Crippen molar-refractivity contribution in [2.75, 3.05) is 5.32 Å². The highest BCUT2D eigenvalue weighted by Gasteiger charge is 2.04. The summed E-state index contributed by atoms with van der Waals surface area (Å²) in [5.41, 5.74) is 0.942. The Morgan fingerprint density at radius 3 is 2.69 bits per heavy atom. The third-order valence-electron chi connectivity index (χ3n) is 1.96. The van der Waals surface area contributed by atoms with E-state index in [1.807, 2.05) is 30.3 Å². The molecule has 0 bridgehead atoms. The number of hydrogen-bond acceptors (Lipinski definition) is 3. The molecular formula is C12H11NO3. The molecule has 1 aromatic heterocycles. The van der Waals surface area contributed by atoms with Gasteiger partial charge in [0.15, 0.2) is 0 Å². The SMILES string of the molecule is O=C(Nc1ccco1)OCc1ccccc1. The maximum Gasteiger partial charge on any atom is 0.414 e. The summed E-state index contributed by atoms with van der Waals surface area (Å²) < 4.78 is 9.94. The summed E-state index contributed by atoms with van der Waals surface area (Å²) in [5.74, 6) is 0.373. The van der Waals surface area contributed by atoms with Crippen LogP contribution in [-0.2, 0) is 11.3 Å². The molecule has 2 rings (SSSR count). The van der Waals surface area contributed by atoms with E-state index < -0.39 is 6.09 Å². The highest BCUT2D eigenvalue weighted by atomic mass is 16.5. The van der Waals surface area contributed by atoms with Crippen molar-refractivity contribution in [3.05, 3.63) is 54.3 Å². The van der Waals surface area contributed by atoms with E-state index in [1.165, 1.54) is 6.26 Å². The van der Waals surface area contributed by atoms with Gasteiger partial charge in [0, 0.05) is 6.07 Å². The quantitative estimate of drug-likeness (QED) is 0.859. The smallest absolute Gasteiger partial charge is 0.414 e. The fraction of sp³-hybridized carbons (Fsp3) is 0.0833. The van der Waals surface area contributed by atoms with Gasteiger partial charge in [-0.05, 0) is 11.6 Å². The topological polar surface area (TPSA) is 51.5 Å². The van der Waals surface area contributed by atoms with Crippen molar-refractivity contribution in [3.8, 4) is 0 Å². The lowest BCUT2D eigenvalue weighted by atomic mass is 10.2. The molecule has 1 amide bonds. The average molecular weight is 217 g/mol. The Labute approximate surface area is 92.8 Å². The Balaban J connectivity index is 1.80. The van der Waals surface area contributed by atoms with Crippen LogP contribution >= 0.6 is 0 Å². The molecule has 1 heterocycles. The average Bonchev–Trinajstić information content (AvgIpc) is 2.81. The molecule has 0 aliphatic rings. The summed E-state index contributed by atoms with van der Waals surface area (Å²) in [6, 6.07) is 12.8. The Hall–Kier alpha value is -2.23. The maximum atomic E-state index is 11.3. The molecule has 0 unspecified atom stereocenters. The lowest BCUT2D eigenvalue weighted by molar-refractivity contribution is 0.154. The van der Waals surface area contributed by atoms with E-state index in [-0.39, 0.29) is 6.61 Å². The van der Waals surface area contributed by atoms with Gasteiger partial charge in [0.05, 0.1) is 6.26 Å². The second-order valence-electron chi connectivity index (χ2n) is 3.16. The second-order valence-corrected chi connectivity index (χ2v) is 3.16. The number of ether oxygens (including phenoxy) is 1. The molecule has 0 fully saturated rings. The van der Waals surface area contributed by atoms with Crippen molar-refractivity contribution in [2.24, 2.45) is 0 Å². The number of anilines is 1. The van der Waals surface area contributed by atoms with Gasteiger partial charge in [0.1, 0.15) is 6.61 Å². The van der Waals surface area contributed by atoms with Crippen molar-refractivity contribution in [2.45, 2.75) is 6.61 Å². The minimum Gasteiger partial charge on any atom is -0.448 e. The van der Waals surface area contributed by atoms with E-state index in [2.05, 4.69) is 5.32 Å². The van der Waals surface area contributed by atoms with Crippen LogP contribution in [0.5, 0.6) is 0 Å². The minimum atomic E-state index is -0.529. The lowest BCUT2D eigenvalue weighted by Crippen LogP contribution is -2.12. The van der Waals surface area contributed by atoms with E-state index >= 15 is 0 Å². The Bertz CT molecular complexity index is 437. The Kier molecular flexibility index (Phi) is 3.23. The molecule has 0 radical (unpaired) electrons. The van der Waals surface area contributed by atoms with Crippen molar-refractivity contribution in [3.63, 3.8) is 0 Å². The number of carbonyl (C=O) groups is 1. The van der Waals surface area contributed by atoms with E-state index in [0.29, 0.717) is 5.88 Å². The largest absolute Gasteiger partial charge is 0.448 e. The van der Waals surface area contributed by atoms with Crippen molar-refractivity contribution in [1.29, 1.82) is 0 Å². The van der Waals surface area contributed by atoms with Crippen LogP contribution in [0.25, 0.3) is 0 Å². The van der Waals surface area contributed by atoms with Crippen LogP contribution in [0.2, 0.25) is 0 Å². The van der Waals surface area contributed by atoms with Crippen LogP contribution in [0.1, 0.15) is 5.56 Å². The summed E-state index contributed by atoms with van der Waals surface area (Å²) in [7, 11) is 0. The molecule has 82 valence electrons. The van der Waals surface area contributed by atoms with Gasteiger partial charge in [0.25, 0.3) is 0 Å². The molecular weight excluding hydrogens is 206 g/mol. The molecule has 1 aromatic carbocycles. The molecule has 0 saturated heterocycles. The third kappa shape index (κ3) is 2.88. The number of rotatable bonds is 3. The zero-order valence-corrected chi connectivity index (χ0v) is 8.55. The third-order valence-corrected chi connectivity index (χ3v) is 1.96. The number of benzene rings is 1. The van der Waals surface area contributed by atoms with Crippen molar-refractivity contribution in [1.82, 2.24) is 0 Å². The zero-order valence-electron chi connectivity index (χ0n) is 8.55. The van der Waals surface area contributed by atoms with Crippen LogP contribution in [0, 0.1) is 0 Å². The normalized spacial score (nSPS) is 9.75. The van der Waals surface area contributed by atoms with Gasteiger partial charge in [-0.2, -0.15) is 0 Å². The van der Waals surface area contributed by atoms with Crippen molar-refractivity contribution >= 4 is 12.0 Å². The van der Waals surface area contributed by atoms with E-state index in [0.717, 1.165) is 5.56 Å². The molecule has 1 N–H and O–H groups in total. The highest BCUT2D eigenvalue weighted by molar-refractivity contribution is 5.82. The first-order valence-electron chi connectivity index (χ1n) is 4.86. The fourth-order valence-corrected chi connectivity index (χ4v) is 1.21. The van der Waals surface area contributed by atoms with E-state index in [4.69, 9.17) is 9.15 Å². The van der Waals surface area contributed by atoms with Crippen molar-refractivity contribution < 1.29 is 13.9 Å². The van der Waals surface area contributed by atoms with Gasteiger partial charge in [-0.25, -0.2) is 4.79 Å². The van der Waals surface area contributed by atoms with Gasteiger partial charge in [0.2, 0.25) is 5.88 Å². The van der Waals surface area contributed by atoms with Gasteiger partial charge in [-0.15, -0.1) is 0 Å². The van der Waals surface area contributed by atoms with E-state index in [9.17, 15) is 4.79 Å². The van der Waals surface area contributed by atoms with Gasteiger partial charge in [-0.1, -0.05) is 30.3 Å². The molecule has 4 nitrogen and oxygen atoms in total. The van der Waals surface area contributed by atoms with Crippen LogP contribution in [0.4, 0.5) is 10.7 Å². The number of hydrogen-bond donors (Lipinski definition) is 1. The number of carbonyl (C=O) groups excluding carboxylic acids is 1. The first-order chi connectivity index (χ1) is 7.84. The van der Waals surface area contributed by atoms with Crippen LogP contribution < -0.4 is 5.32 Å². The predicted octanol–water partition coefficient (Wildman–Crippen LogP) is 3.03. The first kappa shape index (κ1) is 10.3. The summed E-state index contributed by atoms with van der Waals surface area (Å²) in [6.45, 7) is 0.243. The summed E-state index contributed by atoms with van der Waals surface area (Å²) in [4.78, 5) is 11.3. The van der Waals surface area contributed by atoms with E-state index in [1.54, 1.807) is 12.1 Å². The van der Waals surface area contributed by atoms with Crippen LogP contribution in [0.3, 0.4) is 0 Å². The standard InChI is InChI=1S/C12H11NO3/c14-12(13-11-7-4-8-15-11)16-9-10-5-2-1-3-6-10/h1-8H,9H2,(H,13,14). The lowest BCUT2D eigenvalue weighted by Gasteiger charge is -2.04. The molecule has 0 saturated carbocycles. The number of furan rings is 1. The molecule has 4 heteroatoms. The van der Waals surface area contributed by atoms with Crippen LogP contribution in [-0.4, -0.2) is 6.09 Å². The molecule has 16 heavy (non-hydrogen) atoms. The van der Waals surface area contributed by atoms with Gasteiger partial charge >= 0.3 is 6.09 Å². The fourth-order valence-electron chi connectivity index (χ4n) is 1.21. The summed E-state index contributed by atoms with van der Waals surface area (Å²) >= 11 is 0. The first-order valence-corrected chi connectivity index (χ1v) is 4.86. The van der Waals surface area contributed by atoms with Crippen LogP contribution in [0.15, 0.2) is 53.1 Å². The van der Waals surface area contributed by atoms with Gasteiger partial charge < -0.3 is 9.15 Å². The Morgan fingerprint density at radius 1 is 1.19 bits per heavy atom.